The van der Waals surface area contributed by atoms with Gasteiger partial charge in [0.05, 0.1) is 5.25 Å². The van der Waals surface area contributed by atoms with Gasteiger partial charge >= 0.3 is 5.97 Å². The molecule has 1 fully saturated rings. The van der Waals surface area contributed by atoms with Crippen molar-refractivity contribution < 1.29 is 18.3 Å². The van der Waals surface area contributed by atoms with Crippen molar-refractivity contribution in [1.82, 2.24) is 4.31 Å². The molecule has 0 aromatic heterocycles. The van der Waals surface area contributed by atoms with Crippen LogP contribution in [0.3, 0.4) is 0 Å². The zero-order chi connectivity index (χ0) is 10.9. The smallest absolute Gasteiger partial charge is 0.322 e. The van der Waals surface area contributed by atoms with Gasteiger partial charge in [0.25, 0.3) is 0 Å². The van der Waals surface area contributed by atoms with E-state index in [9.17, 15) is 13.2 Å². The van der Waals surface area contributed by atoms with E-state index in [1.54, 1.807) is 13.8 Å². The summed E-state index contributed by atoms with van der Waals surface area (Å²) in [4.78, 5) is 10.8. The molecule has 1 N–H and O–H groups in total. The molecule has 0 bridgehead atoms. The molecular weight excluding hydrogens is 206 g/mol. The number of rotatable bonds is 3. The molecule has 82 valence electrons. The minimum absolute atomic E-state index is 0.331. The Labute approximate surface area is 83.8 Å². The first-order valence-electron chi connectivity index (χ1n) is 4.61. The number of carbonyl (C=O) groups is 1. The number of sulfonamides is 1. The Morgan fingerprint density at radius 3 is 2.50 bits per heavy atom. The molecule has 0 radical (unpaired) electrons. The number of hydrogen-bond donors (Lipinski definition) is 1. The second-order valence-corrected chi connectivity index (χ2v) is 6.14. The quantitative estimate of drug-likeness (QED) is 0.742. The van der Waals surface area contributed by atoms with Gasteiger partial charge in [0, 0.05) is 6.54 Å². The molecule has 0 saturated carbocycles. The molecule has 0 aromatic rings. The summed E-state index contributed by atoms with van der Waals surface area (Å²) < 4.78 is 24.5. The van der Waals surface area contributed by atoms with Crippen LogP contribution in [0.5, 0.6) is 0 Å². The van der Waals surface area contributed by atoms with Crippen molar-refractivity contribution in [3.63, 3.8) is 0 Å². The minimum Gasteiger partial charge on any atom is -0.480 e. The average Bonchev–Trinajstić information content (AvgIpc) is 2.51. The van der Waals surface area contributed by atoms with Crippen LogP contribution in [0, 0.1) is 0 Å². The molecule has 0 aromatic carbocycles. The normalized spacial score (nSPS) is 24.4. The largest absolute Gasteiger partial charge is 0.480 e. The maximum Gasteiger partial charge on any atom is 0.322 e. The summed E-state index contributed by atoms with van der Waals surface area (Å²) in [7, 11) is -3.42. The van der Waals surface area contributed by atoms with Crippen LogP contribution in [-0.2, 0) is 14.8 Å². The highest BCUT2D eigenvalue weighted by molar-refractivity contribution is 7.89. The van der Waals surface area contributed by atoms with Crippen molar-refractivity contribution in [3.8, 4) is 0 Å². The summed E-state index contributed by atoms with van der Waals surface area (Å²) >= 11 is 0. The number of hydrogen-bond acceptors (Lipinski definition) is 3. The van der Waals surface area contributed by atoms with Crippen molar-refractivity contribution in [1.29, 1.82) is 0 Å². The Morgan fingerprint density at radius 1 is 1.50 bits per heavy atom. The lowest BCUT2D eigenvalue weighted by Crippen LogP contribution is -2.43. The van der Waals surface area contributed by atoms with Crippen LogP contribution < -0.4 is 0 Å². The second kappa shape index (κ2) is 3.86. The molecule has 1 aliphatic heterocycles. The SMILES string of the molecule is CC(C)S(=O)(=O)N1CCC[C@H]1C(=O)O. The molecule has 6 heteroatoms. The average molecular weight is 221 g/mol. The first-order valence-corrected chi connectivity index (χ1v) is 6.11. The van der Waals surface area contributed by atoms with Gasteiger partial charge in [0.1, 0.15) is 6.04 Å². The van der Waals surface area contributed by atoms with Crippen LogP contribution in [0.15, 0.2) is 0 Å². The molecule has 5 nitrogen and oxygen atoms in total. The standard InChI is InChI=1S/C8H15NO4S/c1-6(2)14(12,13)9-5-3-4-7(9)8(10)11/h6-7H,3-5H2,1-2H3,(H,10,11)/t7-/m0/s1. The Bertz CT molecular complexity index is 322. The molecule has 1 aliphatic rings. The van der Waals surface area contributed by atoms with Crippen molar-refractivity contribution in [2.45, 2.75) is 38.0 Å². The predicted octanol–water partition coefficient (Wildman–Crippen LogP) is 0.274. The molecule has 1 heterocycles. The molecule has 1 saturated heterocycles. The van der Waals surface area contributed by atoms with E-state index in [1.807, 2.05) is 0 Å². The highest BCUT2D eigenvalue weighted by atomic mass is 32.2. The minimum atomic E-state index is -3.42. The molecule has 1 rings (SSSR count). The summed E-state index contributed by atoms with van der Waals surface area (Å²) in [6, 6.07) is -0.859. The molecule has 0 amide bonds. The fourth-order valence-corrected chi connectivity index (χ4v) is 3.04. The monoisotopic (exact) mass is 221 g/mol. The summed E-state index contributed by atoms with van der Waals surface area (Å²) in [5.41, 5.74) is 0. The zero-order valence-corrected chi connectivity index (χ0v) is 9.12. The topological polar surface area (TPSA) is 74.7 Å². The third kappa shape index (κ3) is 1.90. The summed E-state index contributed by atoms with van der Waals surface area (Å²) in [6.45, 7) is 3.45. The third-order valence-corrected chi connectivity index (χ3v) is 4.69. The molecule has 1 atom stereocenters. The predicted molar refractivity (Wildman–Crippen MR) is 51.4 cm³/mol. The Kier molecular flexibility index (Phi) is 3.16. The molecule has 0 unspecified atom stereocenters. The van der Waals surface area contributed by atoms with Gasteiger partial charge in [0.15, 0.2) is 0 Å². The number of nitrogens with zero attached hydrogens (tertiary/aromatic N) is 1. The van der Waals surface area contributed by atoms with E-state index in [2.05, 4.69) is 0 Å². The first-order chi connectivity index (χ1) is 6.37. The number of aliphatic carboxylic acids is 1. The molecule has 0 spiro atoms. The number of carboxylic acids is 1. The summed E-state index contributed by atoms with van der Waals surface area (Å²) in [6.07, 6.45) is 1.05. The maximum absolute atomic E-state index is 11.7. The zero-order valence-electron chi connectivity index (χ0n) is 8.30. The number of carboxylic acid groups (broad SMARTS) is 1. The van der Waals surface area contributed by atoms with Crippen LogP contribution in [-0.4, -0.2) is 41.6 Å². The highest BCUT2D eigenvalue weighted by Gasteiger charge is 2.39. The van der Waals surface area contributed by atoms with Crippen LogP contribution in [0.4, 0.5) is 0 Å². The highest BCUT2D eigenvalue weighted by Crippen LogP contribution is 2.23. The van der Waals surface area contributed by atoms with Crippen molar-refractivity contribution >= 4 is 16.0 Å². The van der Waals surface area contributed by atoms with Crippen molar-refractivity contribution in [2.75, 3.05) is 6.54 Å². The first kappa shape index (κ1) is 11.5. The molecular formula is C8H15NO4S. The Hall–Kier alpha value is -0.620. The van der Waals surface area contributed by atoms with E-state index in [0.717, 1.165) is 4.31 Å². The lowest BCUT2D eigenvalue weighted by Gasteiger charge is -2.22. The van der Waals surface area contributed by atoms with Gasteiger partial charge in [-0.2, -0.15) is 4.31 Å². The lowest BCUT2D eigenvalue weighted by atomic mass is 10.2. The van der Waals surface area contributed by atoms with Gasteiger partial charge in [0.2, 0.25) is 10.0 Å². The van der Waals surface area contributed by atoms with E-state index < -0.39 is 27.3 Å². The van der Waals surface area contributed by atoms with Crippen molar-refractivity contribution in [2.24, 2.45) is 0 Å². The van der Waals surface area contributed by atoms with Gasteiger partial charge in [-0.3, -0.25) is 4.79 Å². The van der Waals surface area contributed by atoms with Gasteiger partial charge in [-0.05, 0) is 26.7 Å². The second-order valence-electron chi connectivity index (χ2n) is 3.70. The summed E-state index contributed by atoms with van der Waals surface area (Å²) in [5.74, 6) is -1.05. The Morgan fingerprint density at radius 2 is 2.07 bits per heavy atom. The van der Waals surface area contributed by atoms with Gasteiger partial charge in [-0.1, -0.05) is 0 Å². The molecule has 14 heavy (non-hydrogen) atoms. The third-order valence-electron chi connectivity index (χ3n) is 2.41. The van der Waals surface area contributed by atoms with Crippen molar-refractivity contribution in [3.05, 3.63) is 0 Å². The van der Waals surface area contributed by atoms with Gasteiger partial charge in [-0.25, -0.2) is 8.42 Å². The van der Waals surface area contributed by atoms with Crippen LogP contribution in [0.2, 0.25) is 0 Å². The van der Waals surface area contributed by atoms with Gasteiger partial charge in [-0.15, -0.1) is 0 Å². The fourth-order valence-electron chi connectivity index (χ4n) is 1.56. The van der Waals surface area contributed by atoms with Gasteiger partial charge < -0.3 is 5.11 Å². The van der Waals surface area contributed by atoms with E-state index in [4.69, 9.17) is 5.11 Å². The van der Waals surface area contributed by atoms with E-state index in [-0.39, 0.29) is 0 Å². The molecule has 0 aliphatic carbocycles. The van der Waals surface area contributed by atoms with E-state index in [1.165, 1.54) is 0 Å². The van der Waals surface area contributed by atoms with Crippen LogP contribution >= 0.6 is 0 Å². The fraction of sp³-hybridized carbons (Fsp3) is 0.875. The van der Waals surface area contributed by atoms with E-state index >= 15 is 0 Å². The van der Waals surface area contributed by atoms with Crippen LogP contribution in [0.1, 0.15) is 26.7 Å². The lowest BCUT2D eigenvalue weighted by molar-refractivity contribution is -0.140. The summed E-state index contributed by atoms with van der Waals surface area (Å²) in [5, 5.41) is 8.27. The maximum atomic E-state index is 11.7. The Balaban J connectivity index is 2.93. The van der Waals surface area contributed by atoms with E-state index in [0.29, 0.717) is 19.4 Å². The van der Waals surface area contributed by atoms with Crippen LogP contribution in [0.25, 0.3) is 0 Å².